The Morgan fingerprint density at radius 2 is 1.15 bits per heavy atom. The van der Waals surface area contributed by atoms with Crippen molar-refractivity contribution in [2.75, 3.05) is 19.8 Å². The molecular formula is C48H48O11. The second-order valence-corrected chi connectivity index (χ2v) is 14.2. The molecule has 0 spiro atoms. The maximum Gasteiger partial charge on any atom is 0.343 e. The van der Waals surface area contributed by atoms with Crippen LogP contribution in [0.1, 0.15) is 62.5 Å². The van der Waals surface area contributed by atoms with Gasteiger partial charge in [0.05, 0.1) is 12.2 Å². The minimum absolute atomic E-state index is 0.0173. The van der Waals surface area contributed by atoms with Crippen molar-refractivity contribution < 1.29 is 52.4 Å². The molecule has 0 aromatic heterocycles. The lowest BCUT2D eigenvalue weighted by Gasteiger charge is -2.28. The van der Waals surface area contributed by atoms with Gasteiger partial charge >= 0.3 is 29.8 Å². The van der Waals surface area contributed by atoms with E-state index in [2.05, 4.69) is 19.7 Å². The van der Waals surface area contributed by atoms with Crippen molar-refractivity contribution in [2.45, 2.75) is 47.5 Å². The third kappa shape index (κ3) is 13.9. The molecular weight excluding hydrogens is 753 g/mol. The second kappa shape index (κ2) is 20.9. The fourth-order valence-electron chi connectivity index (χ4n) is 5.18. The van der Waals surface area contributed by atoms with Crippen molar-refractivity contribution in [3.8, 4) is 34.1 Å². The molecule has 0 atom stereocenters. The van der Waals surface area contributed by atoms with Crippen LogP contribution in [0.15, 0.2) is 134 Å². The van der Waals surface area contributed by atoms with Gasteiger partial charge in [0.25, 0.3) is 0 Å². The number of carbonyl (C=O) groups excluding carboxylic acids is 5. The normalized spacial score (nSPS) is 10.9. The summed E-state index contributed by atoms with van der Waals surface area (Å²) in [6, 6.07) is 25.9. The molecule has 11 nitrogen and oxygen atoms in total. The molecule has 0 aliphatic heterocycles. The van der Waals surface area contributed by atoms with Gasteiger partial charge in [-0.15, -0.1) is 0 Å². The van der Waals surface area contributed by atoms with Gasteiger partial charge in [-0.2, -0.15) is 0 Å². The number of aryl methyl sites for hydroxylation is 1. The first kappa shape index (κ1) is 44.7. The van der Waals surface area contributed by atoms with Gasteiger partial charge in [0.2, 0.25) is 0 Å². The molecule has 0 saturated heterocycles. The number of carbonyl (C=O) groups is 5. The lowest BCUT2D eigenvalue weighted by Crippen LogP contribution is -2.33. The number of esters is 5. The smallest absolute Gasteiger partial charge is 0.343 e. The van der Waals surface area contributed by atoms with Crippen molar-refractivity contribution in [1.29, 1.82) is 0 Å². The zero-order chi connectivity index (χ0) is 43.1. The fourth-order valence-corrected chi connectivity index (χ4v) is 5.18. The summed E-state index contributed by atoms with van der Waals surface area (Å²) in [5, 5.41) is 0. The maximum absolute atomic E-state index is 12.8. The van der Waals surface area contributed by atoms with Crippen LogP contribution >= 0.6 is 0 Å². The van der Waals surface area contributed by atoms with Gasteiger partial charge < -0.3 is 28.4 Å². The third-order valence-corrected chi connectivity index (χ3v) is 8.77. The van der Waals surface area contributed by atoms with Gasteiger partial charge in [0.1, 0.15) is 36.2 Å². The van der Waals surface area contributed by atoms with Crippen molar-refractivity contribution in [3.63, 3.8) is 0 Å². The number of rotatable bonds is 19. The molecule has 0 bridgehead atoms. The van der Waals surface area contributed by atoms with Crippen LogP contribution in [-0.2, 0) is 35.1 Å². The minimum Gasteiger partial charge on any atom is -0.494 e. The predicted octanol–water partition coefficient (Wildman–Crippen LogP) is 9.25. The lowest BCUT2D eigenvalue weighted by atomic mass is 9.89. The quantitative estimate of drug-likeness (QED) is 0.0509. The maximum atomic E-state index is 12.8. The van der Waals surface area contributed by atoms with Crippen LogP contribution in [0, 0.1) is 5.41 Å². The van der Waals surface area contributed by atoms with Gasteiger partial charge in [0, 0.05) is 28.2 Å². The predicted molar refractivity (Wildman–Crippen MR) is 224 cm³/mol. The van der Waals surface area contributed by atoms with Crippen molar-refractivity contribution in [3.05, 3.63) is 150 Å². The molecule has 0 unspecified atom stereocenters. The Morgan fingerprint density at radius 3 is 1.69 bits per heavy atom. The topological polar surface area (TPSA) is 141 Å². The van der Waals surface area contributed by atoms with E-state index in [1.807, 2.05) is 62.4 Å². The zero-order valence-corrected chi connectivity index (χ0v) is 34.0. The summed E-state index contributed by atoms with van der Waals surface area (Å²) in [7, 11) is 0. The molecule has 0 aliphatic rings. The standard InChI is InChI=1S/C48H48O11/c1-9-35-28-41(58-47(53)38-17-21-40(22-18-38)57-46(52)33(6)7)23-24-42(35)59-43(49)25-12-34-10-13-36(14-11-34)37-15-19-39(20-16-37)54-27-26-48(8,29-55-44(50)31(2)3)30-56-45(51)32(4)5/h10-25,28H,2,4,6,9,26-27,29-30H2,1,3,5,7-8H3/b25-12+. The van der Waals surface area contributed by atoms with Gasteiger partial charge in [0.15, 0.2) is 0 Å². The van der Waals surface area contributed by atoms with Crippen LogP contribution in [-0.4, -0.2) is 49.7 Å². The first-order chi connectivity index (χ1) is 28.0. The van der Waals surface area contributed by atoms with Gasteiger partial charge in [-0.25, -0.2) is 24.0 Å². The molecule has 4 rings (SSSR count). The van der Waals surface area contributed by atoms with E-state index in [9.17, 15) is 24.0 Å². The SMILES string of the molecule is C=C(C)C(=O)OCC(C)(CCOc1ccc(-c2ccc(/C=C/C(=O)Oc3ccc(OC(=O)c4ccc(OC(=O)C(=C)C)cc4)cc3CC)cc2)cc1)COC(=O)C(=C)C. The zero-order valence-electron chi connectivity index (χ0n) is 34.0. The van der Waals surface area contributed by atoms with Crippen LogP contribution in [0.3, 0.4) is 0 Å². The highest BCUT2D eigenvalue weighted by Crippen LogP contribution is 2.28. The third-order valence-electron chi connectivity index (χ3n) is 8.77. The van der Waals surface area contributed by atoms with Crippen LogP contribution < -0.4 is 18.9 Å². The van der Waals surface area contributed by atoms with Gasteiger partial charge in [-0.05, 0) is 117 Å². The Kier molecular flexibility index (Phi) is 15.9. The summed E-state index contributed by atoms with van der Waals surface area (Å²) in [5.74, 6) is -1.25. The molecule has 4 aromatic carbocycles. The van der Waals surface area contributed by atoms with Crippen molar-refractivity contribution in [1.82, 2.24) is 0 Å². The highest BCUT2D eigenvalue weighted by Gasteiger charge is 2.29. The Bertz CT molecular complexity index is 2200. The van der Waals surface area contributed by atoms with Crippen LogP contribution in [0.5, 0.6) is 23.0 Å². The molecule has 4 aromatic rings. The van der Waals surface area contributed by atoms with E-state index in [0.29, 0.717) is 29.9 Å². The Labute approximate surface area is 344 Å². The highest BCUT2D eigenvalue weighted by atomic mass is 16.6. The first-order valence-electron chi connectivity index (χ1n) is 18.8. The minimum atomic E-state index is -0.700. The van der Waals surface area contributed by atoms with Crippen molar-refractivity contribution in [2.24, 2.45) is 5.41 Å². The van der Waals surface area contributed by atoms with E-state index >= 15 is 0 Å². The van der Waals surface area contributed by atoms with Crippen molar-refractivity contribution >= 4 is 35.9 Å². The van der Waals surface area contributed by atoms with E-state index in [1.54, 1.807) is 38.1 Å². The molecule has 59 heavy (non-hydrogen) atoms. The molecule has 306 valence electrons. The molecule has 0 saturated carbocycles. The summed E-state index contributed by atoms with van der Waals surface area (Å²) < 4.78 is 33.0. The van der Waals surface area contributed by atoms with E-state index in [0.717, 1.165) is 16.7 Å². The summed E-state index contributed by atoms with van der Waals surface area (Å²) in [4.78, 5) is 61.3. The van der Waals surface area contributed by atoms with Crippen LogP contribution in [0.2, 0.25) is 0 Å². The molecule has 0 N–H and O–H groups in total. The summed E-state index contributed by atoms with van der Waals surface area (Å²) in [5.41, 5.74) is 3.73. The molecule has 11 heteroatoms. The van der Waals surface area contributed by atoms with Crippen LogP contribution in [0.25, 0.3) is 17.2 Å². The van der Waals surface area contributed by atoms with Gasteiger partial charge in [-0.3, -0.25) is 0 Å². The number of ether oxygens (including phenoxy) is 6. The van der Waals surface area contributed by atoms with Gasteiger partial charge in [-0.1, -0.05) is 70.0 Å². The average molecular weight is 801 g/mol. The lowest BCUT2D eigenvalue weighted by molar-refractivity contribution is -0.149. The molecule has 0 aliphatic carbocycles. The number of benzene rings is 4. The van der Waals surface area contributed by atoms with E-state index in [1.165, 1.54) is 37.3 Å². The molecule has 0 amide bonds. The Morgan fingerprint density at radius 1 is 0.627 bits per heavy atom. The summed E-state index contributed by atoms with van der Waals surface area (Å²) in [6.07, 6.45) is 3.94. The largest absolute Gasteiger partial charge is 0.494 e. The van der Waals surface area contributed by atoms with E-state index < -0.39 is 35.3 Å². The highest BCUT2D eigenvalue weighted by molar-refractivity contribution is 5.92. The Balaban J connectivity index is 1.29. The first-order valence-corrected chi connectivity index (χ1v) is 18.8. The van der Waals surface area contributed by atoms with E-state index in [-0.39, 0.29) is 53.6 Å². The average Bonchev–Trinajstić information content (AvgIpc) is 3.22. The summed E-state index contributed by atoms with van der Waals surface area (Å²) in [6.45, 7) is 19.5. The Hall–Kier alpha value is -7.01. The van der Waals surface area contributed by atoms with Crippen LogP contribution in [0.4, 0.5) is 0 Å². The molecule has 0 fully saturated rings. The fraction of sp³-hybridized carbons (Fsp3) is 0.229. The number of hydrogen-bond acceptors (Lipinski definition) is 11. The molecule has 0 heterocycles. The molecule has 0 radical (unpaired) electrons. The number of hydrogen-bond donors (Lipinski definition) is 0. The summed E-state index contributed by atoms with van der Waals surface area (Å²) >= 11 is 0. The van der Waals surface area contributed by atoms with E-state index in [4.69, 9.17) is 28.4 Å². The monoisotopic (exact) mass is 800 g/mol. The second-order valence-electron chi connectivity index (χ2n) is 14.2.